The third-order valence-electron chi connectivity index (χ3n) is 3.03. The Morgan fingerprint density at radius 3 is 2.65 bits per heavy atom. The van der Waals surface area contributed by atoms with E-state index in [-0.39, 0.29) is 12.6 Å². The average molecular weight is 241 g/mol. The molecular weight excluding hydrogens is 228 g/mol. The van der Waals surface area contributed by atoms with Gasteiger partial charge in [0.25, 0.3) is 5.91 Å². The number of nitrogens with zero attached hydrogens (tertiary/aromatic N) is 1. The molecule has 1 aliphatic heterocycles. The highest BCUT2D eigenvalue weighted by Crippen LogP contribution is 2.22. The second-order valence-electron chi connectivity index (χ2n) is 4.07. The number of likely N-dealkylation sites (tertiary alicyclic amines) is 1. The Balaban J connectivity index is 2.31. The first kappa shape index (κ1) is 12.0. The van der Waals surface area contributed by atoms with E-state index in [9.17, 15) is 13.6 Å². The lowest BCUT2D eigenvalue weighted by molar-refractivity contribution is 0.0668. The van der Waals surface area contributed by atoms with Crippen molar-refractivity contribution < 1.29 is 18.7 Å². The predicted molar refractivity (Wildman–Crippen MR) is 57.5 cm³/mol. The van der Waals surface area contributed by atoms with Crippen LogP contribution >= 0.6 is 0 Å². The molecular formula is C12H13F2NO2. The van der Waals surface area contributed by atoms with Gasteiger partial charge in [-0.3, -0.25) is 4.79 Å². The smallest absolute Gasteiger partial charge is 0.260 e. The molecule has 1 aliphatic rings. The summed E-state index contributed by atoms with van der Waals surface area (Å²) < 4.78 is 26.9. The molecule has 1 amide bonds. The number of rotatable bonds is 2. The lowest BCUT2D eigenvalue weighted by Gasteiger charge is -2.23. The van der Waals surface area contributed by atoms with Crippen LogP contribution in [0.5, 0.6) is 0 Å². The van der Waals surface area contributed by atoms with E-state index in [4.69, 9.17) is 5.11 Å². The van der Waals surface area contributed by atoms with Crippen molar-refractivity contribution in [3.8, 4) is 0 Å². The molecule has 0 aromatic heterocycles. The van der Waals surface area contributed by atoms with Crippen LogP contribution in [0.2, 0.25) is 0 Å². The maximum Gasteiger partial charge on any atom is 0.260 e. The molecule has 1 fully saturated rings. The first-order valence-corrected chi connectivity index (χ1v) is 5.51. The van der Waals surface area contributed by atoms with Crippen LogP contribution < -0.4 is 0 Å². The van der Waals surface area contributed by atoms with E-state index in [1.807, 2.05) is 0 Å². The normalized spacial score (nSPS) is 19.7. The molecule has 92 valence electrons. The van der Waals surface area contributed by atoms with Gasteiger partial charge in [-0.2, -0.15) is 0 Å². The van der Waals surface area contributed by atoms with Crippen molar-refractivity contribution in [1.82, 2.24) is 4.90 Å². The predicted octanol–water partition coefficient (Wildman–Crippen LogP) is 1.56. The van der Waals surface area contributed by atoms with Gasteiger partial charge in [0.05, 0.1) is 12.6 Å². The molecule has 0 spiro atoms. The summed E-state index contributed by atoms with van der Waals surface area (Å²) in [7, 11) is 0. The fraction of sp³-hybridized carbons (Fsp3) is 0.417. The van der Waals surface area contributed by atoms with Crippen molar-refractivity contribution in [2.75, 3.05) is 13.2 Å². The Labute approximate surface area is 97.7 Å². The van der Waals surface area contributed by atoms with Gasteiger partial charge >= 0.3 is 0 Å². The van der Waals surface area contributed by atoms with E-state index in [1.165, 1.54) is 11.0 Å². The van der Waals surface area contributed by atoms with E-state index in [0.717, 1.165) is 18.6 Å². The first-order valence-electron chi connectivity index (χ1n) is 5.51. The number of aliphatic hydroxyl groups is 1. The summed E-state index contributed by atoms with van der Waals surface area (Å²) in [4.78, 5) is 13.3. The minimum absolute atomic E-state index is 0.179. The first-order chi connectivity index (χ1) is 8.15. The third kappa shape index (κ3) is 2.15. The molecule has 1 saturated heterocycles. The molecule has 1 aromatic carbocycles. The van der Waals surface area contributed by atoms with Crippen molar-refractivity contribution in [3.63, 3.8) is 0 Å². The van der Waals surface area contributed by atoms with E-state index >= 15 is 0 Å². The molecule has 1 atom stereocenters. The Hall–Kier alpha value is -1.49. The van der Waals surface area contributed by atoms with Crippen molar-refractivity contribution in [3.05, 3.63) is 35.4 Å². The molecule has 1 heterocycles. The van der Waals surface area contributed by atoms with Crippen LogP contribution in [0, 0.1) is 11.6 Å². The average Bonchev–Trinajstić information content (AvgIpc) is 2.76. The highest BCUT2D eigenvalue weighted by Gasteiger charge is 2.31. The van der Waals surface area contributed by atoms with Gasteiger partial charge in [0, 0.05) is 6.54 Å². The van der Waals surface area contributed by atoms with Gasteiger partial charge < -0.3 is 10.0 Å². The molecule has 3 nitrogen and oxygen atoms in total. The summed E-state index contributed by atoms with van der Waals surface area (Å²) in [6.07, 6.45) is 1.41. The third-order valence-corrected chi connectivity index (χ3v) is 3.03. The lowest BCUT2D eigenvalue weighted by atomic mass is 10.1. The van der Waals surface area contributed by atoms with Gasteiger partial charge in [-0.15, -0.1) is 0 Å². The zero-order chi connectivity index (χ0) is 12.4. The fourth-order valence-corrected chi connectivity index (χ4v) is 2.14. The molecule has 0 unspecified atom stereocenters. The number of amides is 1. The van der Waals surface area contributed by atoms with Gasteiger partial charge in [0.2, 0.25) is 0 Å². The molecule has 0 aliphatic carbocycles. The van der Waals surface area contributed by atoms with Crippen molar-refractivity contribution in [1.29, 1.82) is 0 Å². The van der Waals surface area contributed by atoms with Crippen LogP contribution in [0.3, 0.4) is 0 Å². The van der Waals surface area contributed by atoms with Crippen LogP contribution in [0.15, 0.2) is 18.2 Å². The molecule has 17 heavy (non-hydrogen) atoms. The van der Waals surface area contributed by atoms with Crippen LogP contribution in [0.25, 0.3) is 0 Å². The summed E-state index contributed by atoms with van der Waals surface area (Å²) in [5.74, 6) is -2.41. The summed E-state index contributed by atoms with van der Waals surface area (Å²) in [6, 6.07) is 3.00. The quantitative estimate of drug-likeness (QED) is 0.853. The minimum Gasteiger partial charge on any atom is -0.394 e. The number of hydrogen-bond donors (Lipinski definition) is 1. The molecule has 0 radical (unpaired) electrons. The standard InChI is InChI=1S/C12H13F2NO2/c13-9-4-1-5-10(14)11(9)12(17)15-6-2-3-8(15)7-16/h1,4-5,8,16H,2-3,6-7H2/t8-/m1/s1. The van der Waals surface area contributed by atoms with Crippen LogP contribution in [-0.2, 0) is 0 Å². The van der Waals surface area contributed by atoms with E-state index in [1.54, 1.807) is 0 Å². The molecule has 2 rings (SSSR count). The van der Waals surface area contributed by atoms with Gasteiger partial charge in [0.1, 0.15) is 17.2 Å². The highest BCUT2D eigenvalue weighted by atomic mass is 19.1. The molecule has 5 heteroatoms. The zero-order valence-electron chi connectivity index (χ0n) is 9.20. The number of carbonyl (C=O) groups is 1. The maximum atomic E-state index is 13.4. The fourth-order valence-electron chi connectivity index (χ4n) is 2.14. The summed E-state index contributed by atoms with van der Waals surface area (Å²) >= 11 is 0. The van der Waals surface area contributed by atoms with Gasteiger partial charge in [-0.25, -0.2) is 8.78 Å². The lowest BCUT2D eigenvalue weighted by Crippen LogP contribution is -2.38. The summed E-state index contributed by atoms with van der Waals surface area (Å²) in [5, 5.41) is 9.09. The molecule has 0 saturated carbocycles. The van der Waals surface area contributed by atoms with Gasteiger partial charge in [-0.05, 0) is 25.0 Å². The Kier molecular flexibility index (Phi) is 3.38. The molecule has 1 aromatic rings. The number of hydrogen-bond acceptors (Lipinski definition) is 2. The Morgan fingerprint density at radius 1 is 1.41 bits per heavy atom. The zero-order valence-corrected chi connectivity index (χ0v) is 9.20. The number of carbonyl (C=O) groups excluding carboxylic acids is 1. The van der Waals surface area contributed by atoms with E-state index in [2.05, 4.69) is 0 Å². The Morgan fingerprint density at radius 2 is 2.06 bits per heavy atom. The minimum atomic E-state index is -0.862. The molecule has 0 bridgehead atoms. The Bertz CT molecular complexity index is 416. The second kappa shape index (κ2) is 4.79. The summed E-state index contributed by atoms with van der Waals surface area (Å²) in [5.41, 5.74) is -0.534. The monoisotopic (exact) mass is 241 g/mol. The van der Waals surface area contributed by atoms with Crippen molar-refractivity contribution in [2.45, 2.75) is 18.9 Å². The van der Waals surface area contributed by atoms with Crippen LogP contribution in [0.4, 0.5) is 8.78 Å². The number of halogens is 2. The SMILES string of the molecule is O=C(c1c(F)cccc1F)N1CCC[C@@H]1CO. The van der Waals surface area contributed by atoms with E-state index < -0.39 is 23.1 Å². The topological polar surface area (TPSA) is 40.5 Å². The number of aliphatic hydroxyl groups excluding tert-OH is 1. The number of benzene rings is 1. The summed E-state index contributed by atoms with van der Waals surface area (Å²) in [6.45, 7) is 0.250. The van der Waals surface area contributed by atoms with E-state index in [0.29, 0.717) is 13.0 Å². The largest absolute Gasteiger partial charge is 0.394 e. The molecule has 1 N–H and O–H groups in total. The van der Waals surface area contributed by atoms with Gasteiger partial charge in [-0.1, -0.05) is 6.07 Å². The highest BCUT2D eigenvalue weighted by molar-refractivity contribution is 5.95. The maximum absolute atomic E-state index is 13.4. The van der Waals surface area contributed by atoms with Gasteiger partial charge in [0.15, 0.2) is 0 Å². The van der Waals surface area contributed by atoms with Crippen LogP contribution in [0.1, 0.15) is 23.2 Å². The van der Waals surface area contributed by atoms with Crippen LogP contribution in [-0.4, -0.2) is 35.1 Å². The van der Waals surface area contributed by atoms with Crippen molar-refractivity contribution >= 4 is 5.91 Å². The van der Waals surface area contributed by atoms with Crippen molar-refractivity contribution in [2.24, 2.45) is 0 Å². The second-order valence-corrected chi connectivity index (χ2v) is 4.07.